The van der Waals surface area contributed by atoms with E-state index in [-0.39, 0.29) is 13.2 Å². The van der Waals surface area contributed by atoms with Crippen LogP contribution in [0.25, 0.3) is 6.08 Å². The van der Waals surface area contributed by atoms with Crippen LogP contribution in [0.2, 0.25) is 0 Å². The number of hydrogen-bond acceptors (Lipinski definition) is 3. The Bertz CT molecular complexity index is 638. The quantitative estimate of drug-likeness (QED) is 0.769. The zero-order valence-electron chi connectivity index (χ0n) is 12.9. The zero-order valence-corrected chi connectivity index (χ0v) is 12.9. The second-order valence-corrected chi connectivity index (χ2v) is 5.08. The van der Waals surface area contributed by atoms with Gasteiger partial charge in [-0.2, -0.15) is 0 Å². The van der Waals surface area contributed by atoms with Gasteiger partial charge in [0.15, 0.2) is 0 Å². The summed E-state index contributed by atoms with van der Waals surface area (Å²) in [4.78, 5) is 11.5. The third kappa shape index (κ3) is 6.36. The van der Waals surface area contributed by atoms with Gasteiger partial charge >= 0.3 is 6.09 Å². The lowest BCUT2D eigenvalue weighted by Crippen LogP contribution is -2.24. The van der Waals surface area contributed by atoms with E-state index in [0.29, 0.717) is 13.0 Å². The smallest absolute Gasteiger partial charge is 0.407 e. The molecular weight excluding hydrogens is 290 g/mol. The van der Waals surface area contributed by atoms with Gasteiger partial charge in [0, 0.05) is 6.54 Å². The van der Waals surface area contributed by atoms with E-state index in [9.17, 15) is 4.79 Å². The van der Waals surface area contributed by atoms with Crippen LogP contribution in [-0.2, 0) is 18.0 Å². The molecule has 0 saturated carbocycles. The summed E-state index contributed by atoms with van der Waals surface area (Å²) in [5, 5.41) is 11.8. The summed E-state index contributed by atoms with van der Waals surface area (Å²) in [5.74, 6) is 0. The normalized spacial score (nSPS) is 10.7. The highest BCUT2D eigenvalue weighted by atomic mass is 16.5. The average molecular weight is 311 g/mol. The first-order valence-corrected chi connectivity index (χ1v) is 7.59. The van der Waals surface area contributed by atoms with E-state index in [1.54, 1.807) is 0 Å². The minimum Gasteiger partial charge on any atom is -0.445 e. The first-order valence-electron chi connectivity index (χ1n) is 7.59. The number of rotatable bonds is 7. The predicted octanol–water partition coefficient (Wildman–Crippen LogP) is 3.51. The lowest BCUT2D eigenvalue weighted by molar-refractivity contribution is 0.140. The number of ether oxygens (including phenoxy) is 1. The largest absolute Gasteiger partial charge is 0.445 e. The van der Waals surface area contributed by atoms with Gasteiger partial charge in [-0.15, -0.1) is 0 Å². The van der Waals surface area contributed by atoms with Gasteiger partial charge in [0.25, 0.3) is 0 Å². The molecule has 0 aliphatic rings. The second-order valence-electron chi connectivity index (χ2n) is 5.08. The van der Waals surface area contributed by atoms with Crippen molar-refractivity contribution in [2.24, 2.45) is 0 Å². The van der Waals surface area contributed by atoms with Crippen LogP contribution in [0.5, 0.6) is 0 Å². The molecule has 2 rings (SSSR count). The van der Waals surface area contributed by atoms with Gasteiger partial charge in [0.2, 0.25) is 0 Å². The van der Waals surface area contributed by atoms with Crippen molar-refractivity contribution in [3.8, 4) is 0 Å². The van der Waals surface area contributed by atoms with E-state index in [2.05, 4.69) is 5.32 Å². The molecule has 23 heavy (non-hydrogen) atoms. The van der Waals surface area contributed by atoms with Crippen LogP contribution < -0.4 is 5.32 Å². The third-order valence-corrected chi connectivity index (χ3v) is 3.24. The zero-order chi connectivity index (χ0) is 16.3. The number of carbonyl (C=O) groups excluding carboxylic acids is 1. The Kier molecular flexibility index (Phi) is 6.88. The molecular formula is C19H21NO3. The Morgan fingerprint density at radius 3 is 2.65 bits per heavy atom. The monoisotopic (exact) mass is 311 g/mol. The summed E-state index contributed by atoms with van der Waals surface area (Å²) in [6.07, 6.45) is 4.25. The van der Waals surface area contributed by atoms with Gasteiger partial charge in [-0.3, -0.25) is 0 Å². The van der Waals surface area contributed by atoms with Gasteiger partial charge in [-0.05, 0) is 29.2 Å². The number of carbonyl (C=O) groups is 1. The first kappa shape index (κ1) is 16.8. The maximum absolute atomic E-state index is 11.5. The summed E-state index contributed by atoms with van der Waals surface area (Å²) < 4.78 is 5.12. The first-order chi connectivity index (χ1) is 11.3. The fraction of sp³-hybridized carbons (Fsp3) is 0.211. The highest BCUT2D eigenvalue weighted by Gasteiger charge is 2.00. The Morgan fingerprint density at radius 2 is 1.87 bits per heavy atom. The van der Waals surface area contributed by atoms with E-state index in [0.717, 1.165) is 16.7 Å². The van der Waals surface area contributed by atoms with E-state index in [4.69, 9.17) is 9.84 Å². The molecule has 0 unspecified atom stereocenters. The van der Waals surface area contributed by atoms with Crippen LogP contribution >= 0.6 is 0 Å². The summed E-state index contributed by atoms with van der Waals surface area (Å²) in [6.45, 7) is 0.830. The molecule has 2 aromatic rings. The molecule has 0 bridgehead atoms. The molecule has 0 aliphatic carbocycles. The van der Waals surface area contributed by atoms with Crippen molar-refractivity contribution in [3.63, 3.8) is 0 Å². The highest BCUT2D eigenvalue weighted by molar-refractivity contribution is 5.67. The van der Waals surface area contributed by atoms with Gasteiger partial charge in [0.05, 0.1) is 6.61 Å². The molecule has 0 saturated heterocycles. The lowest BCUT2D eigenvalue weighted by Gasteiger charge is -2.05. The van der Waals surface area contributed by atoms with Crippen molar-refractivity contribution in [2.45, 2.75) is 19.6 Å². The number of aliphatic hydroxyl groups is 1. The summed E-state index contributed by atoms with van der Waals surface area (Å²) in [7, 11) is 0. The highest BCUT2D eigenvalue weighted by Crippen LogP contribution is 2.07. The Balaban J connectivity index is 1.64. The molecule has 0 heterocycles. The third-order valence-electron chi connectivity index (χ3n) is 3.24. The fourth-order valence-corrected chi connectivity index (χ4v) is 2.05. The number of nitrogens with one attached hydrogen (secondary N) is 1. The molecule has 0 spiro atoms. The maximum atomic E-state index is 11.5. The Labute approximate surface area is 136 Å². The Hall–Kier alpha value is -2.59. The van der Waals surface area contributed by atoms with Crippen molar-refractivity contribution in [1.82, 2.24) is 5.32 Å². The Morgan fingerprint density at radius 1 is 1.09 bits per heavy atom. The van der Waals surface area contributed by atoms with Crippen molar-refractivity contribution in [1.29, 1.82) is 0 Å². The van der Waals surface area contributed by atoms with Crippen molar-refractivity contribution in [2.75, 3.05) is 6.54 Å². The number of hydrogen-bond donors (Lipinski definition) is 2. The van der Waals surface area contributed by atoms with Crippen LogP contribution in [0.1, 0.15) is 23.1 Å². The van der Waals surface area contributed by atoms with E-state index in [1.807, 2.05) is 66.7 Å². The van der Waals surface area contributed by atoms with Gasteiger partial charge in [0.1, 0.15) is 6.61 Å². The average Bonchev–Trinajstić information content (AvgIpc) is 2.61. The molecule has 120 valence electrons. The standard InChI is InChI=1S/C19H21NO3/c21-14-18-11-6-10-16(13-18)7-4-5-12-20-19(22)23-15-17-8-2-1-3-9-17/h1-4,6-11,13,21H,5,12,14-15H2,(H,20,22). The number of benzene rings is 2. The van der Waals surface area contributed by atoms with E-state index >= 15 is 0 Å². The molecule has 0 aromatic heterocycles. The van der Waals surface area contributed by atoms with Crippen LogP contribution in [-0.4, -0.2) is 17.7 Å². The molecule has 4 nitrogen and oxygen atoms in total. The molecule has 0 fully saturated rings. The molecule has 2 aromatic carbocycles. The number of aliphatic hydroxyl groups excluding tert-OH is 1. The van der Waals surface area contributed by atoms with Crippen LogP contribution in [0.3, 0.4) is 0 Å². The van der Waals surface area contributed by atoms with E-state index < -0.39 is 6.09 Å². The van der Waals surface area contributed by atoms with Gasteiger partial charge in [-0.25, -0.2) is 4.79 Å². The molecule has 2 N–H and O–H groups in total. The fourth-order valence-electron chi connectivity index (χ4n) is 2.05. The summed E-state index contributed by atoms with van der Waals surface area (Å²) >= 11 is 0. The number of alkyl carbamates (subject to hydrolysis) is 1. The van der Waals surface area contributed by atoms with Crippen molar-refractivity contribution in [3.05, 3.63) is 77.4 Å². The van der Waals surface area contributed by atoms with Gasteiger partial charge < -0.3 is 15.2 Å². The topological polar surface area (TPSA) is 58.6 Å². The van der Waals surface area contributed by atoms with Gasteiger partial charge in [-0.1, -0.05) is 60.7 Å². The molecule has 0 atom stereocenters. The van der Waals surface area contributed by atoms with Crippen molar-refractivity contribution < 1.29 is 14.6 Å². The maximum Gasteiger partial charge on any atom is 0.407 e. The van der Waals surface area contributed by atoms with Crippen molar-refractivity contribution >= 4 is 12.2 Å². The van der Waals surface area contributed by atoms with Crippen LogP contribution in [0.4, 0.5) is 4.79 Å². The second kappa shape index (κ2) is 9.43. The lowest BCUT2D eigenvalue weighted by atomic mass is 10.1. The summed E-state index contributed by atoms with van der Waals surface area (Å²) in [5.41, 5.74) is 2.88. The van der Waals surface area contributed by atoms with Crippen LogP contribution in [0.15, 0.2) is 60.7 Å². The number of amides is 1. The minimum atomic E-state index is -0.412. The minimum absolute atomic E-state index is 0.0382. The molecule has 0 aliphatic heterocycles. The molecule has 0 radical (unpaired) electrons. The summed E-state index contributed by atoms with van der Waals surface area (Å²) in [6, 6.07) is 17.3. The SMILES string of the molecule is O=C(NCCC=Cc1cccc(CO)c1)OCc1ccccc1. The molecule has 1 amide bonds. The van der Waals surface area contributed by atoms with Crippen LogP contribution in [0, 0.1) is 0 Å². The van der Waals surface area contributed by atoms with E-state index in [1.165, 1.54) is 0 Å². The predicted molar refractivity (Wildman–Crippen MR) is 90.6 cm³/mol. The molecule has 4 heteroatoms.